The number of nitrogens with one attached hydrogen (secondary N) is 1. The summed E-state index contributed by atoms with van der Waals surface area (Å²) >= 11 is 0. The predicted octanol–water partition coefficient (Wildman–Crippen LogP) is 1.31. The van der Waals surface area contributed by atoms with Crippen LogP contribution in [-0.2, 0) is 6.61 Å². The molecule has 0 spiro atoms. The smallest absolute Gasteiger partial charge is 0.320 e. The minimum atomic E-state index is -0.247. The van der Waals surface area contributed by atoms with E-state index in [4.69, 9.17) is 9.52 Å². The SMILES string of the molecule is OCc1nnc(Nc2ccccc2)o1. The highest BCUT2D eigenvalue weighted by Crippen LogP contribution is 2.13. The fraction of sp³-hybridized carbons (Fsp3) is 0.111. The lowest BCUT2D eigenvalue weighted by molar-refractivity contribution is 0.241. The summed E-state index contributed by atoms with van der Waals surface area (Å²) in [6.07, 6.45) is 0. The van der Waals surface area contributed by atoms with Gasteiger partial charge in [0.2, 0.25) is 5.89 Å². The van der Waals surface area contributed by atoms with Crippen LogP contribution in [0.15, 0.2) is 34.7 Å². The van der Waals surface area contributed by atoms with Crippen molar-refractivity contribution in [2.24, 2.45) is 0 Å². The molecule has 1 aromatic heterocycles. The highest BCUT2D eigenvalue weighted by Gasteiger charge is 2.03. The lowest BCUT2D eigenvalue weighted by Gasteiger charge is -1.98. The van der Waals surface area contributed by atoms with E-state index in [-0.39, 0.29) is 18.5 Å². The summed E-state index contributed by atoms with van der Waals surface area (Å²) in [5.74, 6) is 0.198. The average molecular weight is 191 g/mol. The van der Waals surface area contributed by atoms with Crippen LogP contribution >= 0.6 is 0 Å². The van der Waals surface area contributed by atoms with Crippen molar-refractivity contribution in [2.75, 3.05) is 5.32 Å². The van der Waals surface area contributed by atoms with Crippen LogP contribution in [0, 0.1) is 0 Å². The molecule has 5 heteroatoms. The Kier molecular flexibility index (Phi) is 2.42. The predicted molar refractivity (Wildman–Crippen MR) is 49.9 cm³/mol. The number of para-hydroxylation sites is 1. The van der Waals surface area contributed by atoms with Crippen LogP contribution in [0.4, 0.5) is 11.7 Å². The maximum absolute atomic E-state index is 8.69. The van der Waals surface area contributed by atoms with E-state index in [1.807, 2.05) is 30.3 Å². The molecule has 0 fully saturated rings. The van der Waals surface area contributed by atoms with Gasteiger partial charge in [0.05, 0.1) is 0 Å². The molecule has 0 radical (unpaired) electrons. The Bertz CT molecular complexity index is 399. The Balaban J connectivity index is 2.11. The van der Waals surface area contributed by atoms with Crippen molar-refractivity contribution in [1.29, 1.82) is 0 Å². The maximum atomic E-state index is 8.69. The zero-order valence-corrected chi connectivity index (χ0v) is 7.34. The van der Waals surface area contributed by atoms with Crippen molar-refractivity contribution >= 4 is 11.7 Å². The van der Waals surface area contributed by atoms with Crippen molar-refractivity contribution in [2.45, 2.75) is 6.61 Å². The van der Waals surface area contributed by atoms with E-state index in [1.54, 1.807) is 0 Å². The summed E-state index contributed by atoms with van der Waals surface area (Å²) < 4.78 is 5.05. The summed E-state index contributed by atoms with van der Waals surface area (Å²) in [6.45, 7) is -0.247. The molecule has 72 valence electrons. The number of aromatic nitrogens is 2. The molecule has 0 aliphatic heterocycles. The molecule has 0 saturated heterocycles. The Labute approximate surface area is 80.4 Å². The standard InChI is InChI=1S/C9H9N3O2/c13-6-8-11-12-9(14-8)10-7-4-2-1-3-5-7/h1-5,13H,6H2,(H,10,12). The average Bonchev–Trinajstić information content (AvgIpc) is 2.67. The van der Waals surface area contributed by atoms with Gasteiger partial charge in [-0.25, -0.2) is 0 Å². The zero-order chi connectivity index (χ0) is 9.80. The van der Waals surface area contributed by atoms with Crippen molar-refractivity contribution in [3.8, 4) is 0 Å². The first-order chi connectivity index (χ1) is 6.88. The largest absolute Gasteiger partial charge is 0.405 e. The van der Waals surface area contributed by atoms with Gasteiger partial charge in [0, 0.05) is 5.69 Å². The third kappa shape index (κ3) is 1.89. The van der Waals surface area contributed by atoms with E-state index in [1.165, 1.54) is 0 Å². The van der Waals surface area contributed by atoms with Crippen LogP contribution in [-0.4, -0.2) is 15.3 Å². The highest BCUT2D eigenvalue weighted by atomic mass is 16.4. The van der Waals surface area contributed by atoms with Gasteiger partial charge in [0.15, 0.2) is 0 Å². The third-order valence-corrected chi connectivity index (χ3v) is 1.63. The van der Waals surface area contributed by atoms with Gasteiger partial charge in [-0.1, -0.05) is 23.3 Å². The van der Waals surface area contributed by atoms with Crippen molar-refractivity contribution in [3.05, 3.63) is 36.2 Å². The van der Waals surface area contributed by atoms with Gasteiger partial charge in [-0.05, 0) is 12.1 Å². The number of anilines is 2. The number of hydrogen-bond acceptors (Lipinski definition) is 5. The summed E-state index contributed by atoms with van der Waals surface area (Å²) in [7, 11) is 0. The highest BCUT2D eigenvalue weighted by molar-refractivity contribution is 5.50. The molecule has 0 bridgehead atoms. The first kappa shape index (κ1) is 8.71. The van der Waals surface area contributed by atoms with Crippen molar-refractivity contribution in [3.63, 3.8) is 0 Å². The van der Waals surface area contributed by atoms with E-state index in [0.717, 1.165) is 5.69 Å². The molecule has 0 aliphatic carbocycles. The van der Waals surface area contributed by atoms with Gasteiger partial charge in [0.1, 0.15) is 6.61 Å². The normalized spacial score (nSPS) is 10.1. The number of aliphatic hydroxyl groups is 1. The molecule has 0 saturated carbocycles. The summed E-state index contributed by atoms with van der Waals surface area (Å²) in [4.78, 5) is 0. The van der Waals surface area contributed by atoms with E-state index in [0.29, 0.717) is 0 Å². The monoisotopic (exact) mass is 191 g/mol. The van der Waals surface area contributed by atoms with Gasteiger partial charge < -0.3 is 14.8 Å². The summed E-state index contributed by atoms with van der Waals surface area (Å²) in [5, 5.41) is 18.9. The first-order valence-corrected chi connectivity index (χ1v) is 4.14. The van der Waals surface area contributed by atoms with E-state index < -0.39 is 0 Å². The van der Waals surface area contributed by atoms with Gasteiger partial charge in [-0.3, -0.25) is 0 Å². The molecule has 1 heterocycles. The Morgan fingerprint density at radius 1 is 1.21 bits per heavy atom. The Morgan fingerprint density at radius 3 is 2.64 bits per heavy atom. The second-order valence-corrected chi connectivity index (χ2v) is 2.65. The molecule has 1 aromatic carbocycles. The fourth-order valence-corrected chi connectivity index (χ4v) is 1.01. The maximum Gasteiger partial charge on any atom is 0.320 e. The summed E-state index contributed by atoms with van der Waals surface area (Å²) in [6, 6.07) is 9.74. The molecule has 5 nitrogen and oxygen atoms in total. The van der Waals surface area contributed by atoms with Crippen LogP contribution in [0.2, 0.25) is 0 Å². The van der Waals surface area contributed by atoms with Crippen LogP contribution in [0.25, 0.3) is 0 Å². The Morgan fingerprint density at radius 2 is 2.00 bits per heavy atom. The second-order valence-electron chi connectivity index (χ2n) is 2.65. The number of benzene rings is 1. The number of aliphatic hydroxyl groups excluding tert-OH is 1. The quantitative estimate of drug-likeness (QED) is 0.765. The second kappa shape index (κ2) is 3.89. The topological polar surface area (TPSA) is 71.2 Å². The van der Waals surface area contributed by atoms with Gasteiger partial charge in [-0.2, -0.15) is 0 Å². The lowest BCUT2D eigenvalue weighted by atomic mass is 10.3. The molecular formula is C9H9N3O2. The zero-order valence-electron chi connectivity index (χ0n) is 7.34. The van der Waals surface area contributed by atoms with Crippen LogP contribution in [0.3, 0.4) is 0 Å². The van der Waals surface area contributed by atoms with Gasteiger partial charge in [-0.15, -0.1) is 5.10 Å². The summed E-state index contributed by atoms with van der Waals surface area (Å²) in [5.41, 5.74) is 0.862. The van der Waals surface area contributed by atoms with Crippen LogP contribution in [0.5, 0.6) is 0 Å². The minimum absolute atomic E-state index is 0.198. The fourth-order valence-electron chi connectivity index (χ4n) is 1.01. The molecule has 2 aromatic rings. The third-order valence-electron chi connectivity index (χ3n) is 1.63. The molecule has 0 amide bonds. The van der Waals surface area contributed by atoms with E-state index >= 15 is 0 Å². The minimum Gasteiger partial charge on any atom is -0.405 e. The first-order valence-electron chi connectivity index (χ1n) is 4.14. The molecule has 0 unspecified atom stereocenters. The van der Waals surface area contributed by atoms with Crippen LogP contribution in [0.1, 0.15) is 5.89 Å². The van der Waals surface area contributed by atoms with Gasteiger partial charge in [0.25, 0.3) is 0 Å². The molecular weight excluding hydrogens is 182 g/mol. The lowest BCUT2D eigenvalue weighted by Crippen LogP contribution is -1.88. The van der Waals surface area contributed by atoms with E-state index in [2.05, 4.69) is 15.5 Å². The van der Waals surface area contributed by atoms with Crippen molar-refractivity contribution < 1.29 is 9.52 Å². The van der Waals surface area contributed by atoms with Crippen molar-refractivity contribution in [1.82, 2.24) is 10.2 Å². The molecule has 0 atom stereocenters. The molecule has 0 aliphatic rings. The number of rotatable bonds is 3. The molecule has 2 N–H and O–H groups in total. The number of nitrogens with zero attached hydrogens (tertiary/aromatic N) is 2. The molecule has 14 heavy (non-hydrogen) atoms. The van der Waals surface area contributed by atoms with E-state index in [9.17, 15) is 0 Å². The Hall–Kier alpha value is -1.88. The number of hydrogen-bond donors (Lipinski definition) is 2. The molecule has 2 rings (SSSR count). The van der Waals surface area contributed by atoms with Crippen LogP contribution < -0.4 is 5.32 Å². The van der Waals surface area contributed by atoms with Gasteiger partial charge >= 0.3 is 6.01 Å².